The average Bonchev–Trinajstić information content (AvgIpc) is 2.71. The third kappa shape index (κ3) is 2.24. The number of hydrogen-bond donors (Lipinski definition) is 0. The van der Waals surface area contributed by atoms with Gasteiger partial charge in [0.15, 0.2) is 0 Å². The Bertz CT molecular complexity index is 549. The highest BCUT2D eigenvalue weighted by molar-refractivity contribution is 7.98. The molecule has 2 aliphatic heterocycles. The zero-order chi connectivity index (χ0) is 14.3. The molecule has 1 fully saturated rings. The van der Waals surface area contributed by atoms with Crippen LogP contribution in [0.3, 0.4) is 0 Å². The second kappa shape index (κ2) is 5.58. The summed E-state index contributed by atoms with van der Waals surface area (Å²) in [5.74, 6) is 0.183. The van der Waals surface area contributed by atoms with Gasteiger partial charge in [-0.1, -0.05) is 19.4 Å². The van der Waals surface area contributed by atoms with Crippen LogP contribution in [0.15, 0.2) is 17.0 Å². The molecule has 1 saturated heterocycles. The van der Waals surface area contributed by atoms with Gasteiger partial charge in [-0.2, -0.15) is 0 Å². The third-order valence-electron chi connectivity index (χ3n) is 4.12. The third-order valence-corrected chi connectivity index (χ3v) is 5.18. The number of nitrogens with zero attached hydrogens (tertiary/aromatic N) is 2. The summed E-state index contributed by atoms with van der Waals surface area (Å²) in [6.45, 7) is 4.38. The van der Waals surface area contributed by atoms with E-state index in [4.69, 9.17) is 11.8 Å². The van der Waals surface area contributed by atoms with Crippen LogP contribution in [0.25, 0.3) is 0 Å². The molecule has 20 heavy (non-hydrogen) atoms. The van der Waals surface area contributed by atoms with Crippen molar-refractivity contribution in [2.75, 3.05) is 25.9 Å². The molecular formula is C15H19ClN2OS. The number of carbonyl (C=O) groups is 1. The summed E-state index contributed by atoms with van der Waals surface area (Å²) >= 11 is 7.83. The molecule has 0 saturated carbocycles. The van der Waals surface area contributed by atoms with Crippen LogP contribution in [-0.4, -0.2) is 41.1 Å². The molecule has 5 heteroatoms. The van der Waals surface area contributed by atoms with E-state index in [-0.39, 0.29) is 11.9 Å². The van der Waals surface area contributed by atoms with Gasteiger partial charge in [0.05, 0.1) is 11.6 Å². The maximum absolute atomic E-state index is 12.6. The molecule has 1 amide bonds. The summed E-state index contributed by atoms with van der Waals surface area (Å²) < 4.78 is 1.80. The van der Waals surface area contributed by atoms with Crippen LogP contribution < -0.4 is 0 Å². The Labute approximate surface area is 129 Å². The molecule has 2 aliphatic rings. The van der Waals surface area contributed by atoms with Crippen molar-refractivity contribution in [3.8, 4) is 0 Å². The minimum absolute atomic E-state index is 0.131. The monoisotopic (exact) mass is 310 g/mol. The van der Waals surface area contributed by atoms with Crippen LogP contribution >= 0.6 is 23.5 Å². The van der Waals surface area contributed by atoms with E-state index in [0.29, 0.717) is 0 Å². The van der Waals surface area contributed by atoms with Crippen LogP contribution in [0.2, 0.25) is 0 Å². The molecule has 2 heterocycles. The highest BCUT2D eigenvalue weighted by atomic mass is 35.5. The predicted octanol–water partition coefficient (Wildman–Crippen LogP) is 3.33. The fourth-order valence-electron chi connectivity index (χ4n) is 3.18. The minimum Gasteiger partial charge on any atom is -0.329 e. The molecule has 0 spiro atoms. The second-order valence-electron chi connectivity index (χ2n) is 5.40. The standard InChI is InChI=1S/C15H19ClN2OS/c1-3-4-10-7-11-12-9-17(16)5-6-18(12)15(19)14(11)13(8-10)20-2/h7-8,12H,3-6,9H2,1-2H3/t12-/m1/s1. The Hall–Kier alpha value is -0.710. The lowest BCUT2D eigenvalue weighted by Gasteiger charge is -2.34. The lowest BCUT2D eigenvalue weighted by molar-refractivity contribution is 0.0630. The van der Waals surface area contributed by atoms with Gasteiger partial charge in [0.1, 0.15) is 0 Å². The molecule has 1 atom stereocenters. The molecule has 0 unspecified atom stereocenters. The van der Waals surface area contributed by atoms with Crippen molar-refractivity contribution < 1.29 is 4.79 Å². The minimum atomic E-state index is 0.131. The van der Waals surface area contributed by atoms with Gasteiger partial charge in [0, 0.05) is 24.5 Å². The summed E-state index contributed by atoms with van der Waals surface area (Å²) in [4.78, 5) is 15.7. The first-order chi connectivity index (χ1) is 9.65. The SMILES string of the molecule is CCCc1cc(SC)c2c(c1)[C@H]1CN(Cl)CCN1C2=O. The Morgan fingerprint density at radius 2 is 2.20 bits per heavy atom. The topological polar surface area (TPSA) is 23.6 Å². The number of fused-ring (bicyclic) bond motifs is 3. The molecule has 108 valence electrons. The van der Waals surface area contributed by atoms with E-state index in [1.165, 1.54) is 11.1 Å². The zero-order valence-electron chi connectivity index (χ0n) is 11.9. The lowest BCUT2D eigenvalue weighted by atomic mass is 9.98. The van der Waals surface area contributed by atoms with E-state index >= 15 is 0 Å². The number of rotatable bonds is 3. The normalized spacial score (nSPS) is 22.1. The highest BCUT2D eigenvalue weighted by Gasteiger charge is 2.41. The van der Waals surface area contributed by atoms with Crippen LogP contribution in [0.4, 0.5) is 0 Å². The summed E-state index contributed by atoms with van der Waals surface area (Å²) in [6.07, 6.45) is 4.23. The van der Waals surface area contributed by atoms with E-state index in [2.05, 4.69) is 19.1 Å². The molecule has 3 nitrogen and oxygen atoms in total. The molecule has 0 aromatic heterocycles. The van der Waals surface area contributed by atoms with Gasteiger partial charge >= 0.3 is 0 Å². The number of halogens is 1. The van der Waals surface area contributed by atoms with Crippen molar-refractivity contribution in [1.82, 2.24) is 9.32 Å². The van der Waals surface area contributed by atoms with Gasteiger partial charge in [-0.3, -0.25) is 4.79 Å². The van der Waals surface area contributed by atoms with Crippen molar-refractivity contribution in [3.63, 3.8) is 0 Å². The van der Waals surface area contributed by atoms with Crippen molar-refractivity contribution in [3.05, 3.63) is 28.8 Å². The first kappa shape index (κ1) is 14.2. The van der Waals surface area contributed by atoms with E-state index in [9.17, 15) is 4.79 Å². The van der Waals surface area contributed by atoms with Crippen LogP contribution in [0, 0.1) is 0 Å². The smallest absolute Gasteiger partial charge is 0.255 e. The van der Waals surface area contributed by atoms with Crippen molar-refractivity contribution >= 4 is 29.4 Å². The Morgan fingerprint density at radius 1 is 1.40 bits per heavy atom. The number of benzene rings is 1. The first-order valence-corrected chi connectivity index (χ1v) is 8.64. The molecule has 0 N–H and O–H groups in total. The molecular weight excluding hydrogens is 292 g/mol. The van der Waals surface area contributed by atoms with Gasteiger partial charge in [0.25, 0.3) is 5.91 Å². The van der Waals surface area contributed by atoms with Gasteiger partial charge in [-0.25, -0.2) is 4.42 Å². The summed E-state index contributed by atoms with van der Waals surface area (Å²) in [5, 5.41) is 0. The number of piperazine rings is 1. The maximum atomic E-state index is 12.6. The van der Waals surface area contributed by atoms with Gasteiger partial charge in [-0.05, 0) is 41.6 Å². The number of amides is 1. The Morgan fingerprint density at radius 3 is 2.90 bits per heavy atom. The van der Waals surface area contributed by atoms with Gasteiger partial charge < -0.3 is 4.90 Å². The molecule has 0 radical (unpaired) electrons. The highest BCUT2D eigenvalue weighted by Crippen LogP contribution is 2.41. The Kier molecular flexibility index (Phi) is 3.98. The quantitative estimate of drug-likeness (QED) is 0.632. The number of carbonyl (C=O) groups excluding carboxylic acids is 1. The molecule has 1 aromatic carbocycles. The van der Waals surface area contributed by atoms with E-state index in [1.54, 1.807) is 16.2 Å². The van der Waals surface area contributed by atoms with Gasteiger partial charge in [0.2, 0.25) is 0 Å². The second-order valence-corrected chi connectivity index (χ2v) is 6.72. The van der Waals surface area contributed by atoms with Crippen molar-refractivity contribution in [2.45, 2.75) is 30.7 Å². The summed E-state index contributed by atoms with van der Waals surface area (Å²) in [7, 11) is 0. The fraction of sp³-hybridized carbons (Fsp3) is 0.533. The van der Waals surface area contributed by atoms with Gasteiger partial charge in [-0.15, -0.1) is 11.8 Å². The van der Waals surface area contributed by atoms with E-state index < -0.39 is 0 Å². The molecule has 0 aliphatic carbocycles. The van der Waals surface area contributed by atoms with Crippen LogP contribution in [-0.2, 0) is 6.42 Å². The summed E-state index contributed by atoms with van der Waals surface area (Å²) in [6, 6.07) is 4.53. The summed E-state index contributed by atoms with van der Waals surface area (Å²) in [5.41, 5.74) is 3.42. The molecule has 0 bridgehead atoms. The van der Waals surface area contributed by atoms with E-state index in [0.717, 1.165) is 42.9 Å². The maximum Gasteiger partial charge on any atom is 0.255 e. The predicted molar refractivity (Wildman–Crippen MR) is 83.4 cm³/mol. The number of aryl methyl sites for hydroxylation is 1. The average molecular weight is 311 g/mol. The molecule has 1 aromatic rings. The number of thioether (sulfide) groups is 1. The first-order valence-electron chi connectivity index (χ1n) is 7.08. The fourth-order valence-corrected chi connectivity index (χ4v) is 4.07. The van der Waals surface area contributed by atoms with Crippen LogP contribution in [0.1, 0.15) is 40.9 Å². The van der Waals surface area contributed by atoms with Crippen molar-refractivity contribution in [1.29, 1.82) is 0 Å². The largest absolute Gasteiger partial charge is 0.329 e. The van der Waals surface area contributed by atoms with Crippen LogP contribution in [0.5, 0.6) is 0 Å². The molecule has 3 rings (SSSR count). The number of hydrogen-bond acceptors (Lipinski definition) is 3. The zero-order valence-corrected chi connectivity index (χ0v) is 13.4. The van der Waals surface area contributed by atoms with Crippen molar-refractivity contribution in [2.24, 2.45) is 0 Å². The Balaban J connectivity index is 2.08. The lowest BCUT2D eigenvalue weighted by Crippen LogP contribution is -2.43. The van der Waals surface area contributed by atoms with E-state index in [1.807, 2.05) is 11.2 Å².